The van der Waals surface area contributed by atoms with Crippen LogP contribution in [0.4, 0.5) is 0 Å². The molecule has 1 atom stereocenters. The fourth-order valence-electron chi connectivity index (χ4n) is 2.54. The van der Waals surface area contributed by atoms with E-state index in [2.05, 4.69) is 0 Å². The second-order valence-electron chi connectivity index (χ2n) is 6.21. The van der Waals surface area contributed by atoms with Gasteiger partial charge in [-0.3, -0.25) is 4.79 Å². The zero-order valence-corrected chi connectivity index (χ0v) is 15.8. The SMILES string of the molecule is COc1ccc(OCC(=O)O[C@@H](C)C(=O)c2cc(C)c(C)cc2C)cc1. The Bertz CT molecular complexity index is 793. The first-order valence-electron chi connectivity index (χ1n) is 8.40. The molecule has 0 aliphatic heterocycles. The van der Waals surface area contributed by atoms with Crippen LogP contribution in [-0.2, 0) is 9.53 Å². The predicted octanol–water partition coefficient (Wildman–Crippen LogP) is 3.81. The fourth-order valence-corrected chi connectivity index (χ4v) is 2.54. The molecule has 138 valence electrons. The van der Waals surface area contributed by atoms with E-state index in [4.69, 9.17) is 14.2 Å². The minimum atomic E-state index is -0.872. The molecular weight excluding hydrogens is 332 g/mol. The van der Waals surface area contributed by atoms with Crippen molar-refractivity contribution in [1.29, 1.82) is 0 Å². The van der Waals surface area contributed by atoms with E-state index >= 15 is 0 Å². The monoisotopic (exact) mass is 356 g/mol. The Hall–Kier alpha value is -2.82. The minimum absolute atomic E-state index is 0.219. The summed E-state index contributed by atoms with van der Waals surface area (Å²) >= 11 is 0. The molecule has 0 aliphatic carbocycles. The Balaban J connectivity index is 1.93. The molecule has 5 nitrogen and oxygen atoms in total. The number of benzene rings is 2. The number of ketones is 1. The number of Topliss-reactive ketones (excluding diaryl/α,β-unsaturated/α-hetero) is 1. The summed E-state index contributed by atoms with van der Waals surface area (Å²) in [6.45, 7) is 7.13. The lowest BCUT2D eigenvalue weighted by Gasteiger charge is -2.15. The van der Waals surface area contributed by atoms with Gasteiger partial charge in [-0.2, -0.15) is 0 Å². The van der Waals surface area contributed by atoms with Crippen molar-refractivity contribution in [2.75, 3.05) is 13.7 Å². The van der Waals surface area contributed by atoms with Gasteiger partial charge in [0.15, 0.2) is 12.7 Å². The van der Waals surface area contributed by atoms with Gasteiger partial charge < -0.3 is 14.2 Å². The van der Waals surface area contributed by atoms with Gasteiger partial charge in [-0.1, -0.05) is 6.07 Å². The molecule has 0 radical (unpaired) electrons. The maximum Gasteiger partial charge on any atom is 0.344 e. The van der Waals surface area contributed by atoms with Crippen LogP contribution in [0.25, 0.3) is 0 Å². The quantitative estimate of drug-likeness (QED) is 0.558. The molecule has 0 unspecified atom stereocenters. The lowest BCUT2D eigenvalue weighted by Crippen LogP contribution is -2.27. The van der Waals surface area contributed by atoms with Crippen molar-refractivity contribution in [3.05, 3.63) is 58.7 Å². The fraction of sp³-hybridized carbons (Fsp3) is 0.333. The van der Waals surface area contributed by atoms with E-state index in [-0.39, 0.29) is 12.4 Å². The maximum absolute atomic E-state index is 12.6. The van der Waals surface area contributed by atoms with Crippen LogP contribution in [0.15, 0.2) is 36.4 Å². The number of carbonyl (C=O) groups is 2. The van der Waals surface area contributed by atoms with E-state index in [1.165, 1.54) is 0 Å². The van der Waals surface area contributed by atoms with Gasteiger partial charge in [0.1, 0.15) is 11.5 Å². The third kappa shape index (κ3) is 4.85. The van der Waals surface area contributed by atoms with E-state index in [9.17, 15) is 9.59 Å². The molecule has 0 N–H and O–H groups in total. The van der Waals surface area contributed by atoms with Gasteiger partial charge in [0.2, 0.25) is 5.78 Å². The van der Waals surface area contributed by atoms with Crippen molar-refractivity contribution in [2.24, 2.45) is 0 Å². The molecule has 0 aromatic heterocycles. The van der Waals surface area contributed by atoms with Crippen molar-refractivity contribution in [2.45, 2.75) is 33.8 Å². The van der Waals surface area contributed by atoms with Crippen LogP contribution in [0.5, 0.6) is 11.5 Å². The highest BCUT2D eigenvalue weighted by atomic mass is 16.6. The first-order valence-corrected chi connectivity index (χ1v) is 8.40. The van der Waals surface area contributed by atoms with E-state index in [1.54, 1.807) is 38.3 Å². The molecule has 2 aromatic carbocycles. The molecule has 2 rings (SSSR count). The molecule has 26 heavy (non-hydrogen) atoms. The Morgan fingerprint density at radius 1 is 0.923 bits per heavy atom. The topological polar surface area (TPSA) is 61.8 Å². The molecule has 0 saturated heterocycles. The summed E-state index contributed by atoms with van der Waals surface area (Å²) < 4.78 is 15.6. The lowest BCUT2D eigenvalue weighted by molar-refractivity contribution is -0.148. The summed E-state index contributed by atoms with van der Waals surface area (Å²) in [5.41, 5.74) is 3.59. The van der Waals surface area contributed by atoms with Gasteiger partial charge in [0.05, 0.1) is 7.11 Å². The summed E-state index contributed by atoms with van der Waals surface area (Å²) in [5.74, 6) is 0.404. The number of rotatable bonds is 7. The molecule has 0 heterocycles. The smallest absolute Gasteiger partial charge is 0.344 e. The summed E-state index contributed by atoms with van der Waals surface area (Å²) in [5, 5.41) is 0. The number of carbonyl (C=O) groups excluding carboxylic acids is 2. The molecule has 0 fully saturated rings. The number of hydrogen-bond donors (Lipinski definition) is 0. The van der Waals surface area contributed by atoms with Crippen LogP contribution in [-0.4, -0.2) is 31.6 Å². The summed E-state index contributed by atoms with van der Waals surface area (Å²) in [6.07, 6.45) is -0.872. The third-order valence-corrected chi connectivity index (χ3v) is 4.20. The Kier molecular flexibility index (Phi) is 6.39. The standard InChI is InChI=1S/C21H24O5/c1-13-10-15(3)19(11-14(13)2)21(23)16(4)26-20(22)12-25-18-8-6-17(24-5)7-9-18/h6-11,16H,12H2,1-5H3/t16-/m0/s1. The van der Waals surface area contributed by atoms with Crippen molar-refractivity contribution in [3.8, 4) is 11.5 Å². The average molecular weight is 356 g/mol. The molecule has 0 spiro atoms. The van der Waals surface area contributed by atoms with Crippen molar-refractivity contribution in [1.82, 2.24) is 0 Å². The van der Waals surface area contributed by atoms with Crippen molar-refractivity contribution >= 4 is 11.8 Å². The van der Waals surface area contributed by atoms with Gasteiger partial charge in [-0.05, 0) is 74.7 Å². The van der Waals surface area contributed by atoms with Crippen LogP contribution in [0, 0.1) is 20.8 Å². The average Bonchev–Trinajstić information content (AvgIpc) is 2.62. The number of hydrogen-bond acceptors (Lipinski definition) is 5. The molecule has 5 heteroatoms. The molecule has 0 aliphatic rings. The molecular formula is C21H24O5. The van der Waals surface area contributed by atoms with Crippen LogP contribution >= 0.6 is 0 Å². The Morgan fingerprint density at radius 2 is 1.50 bits per heavy atom. The first-order chi connectivity index (χ1) is 12.3. The van der Waals surface area contributed by atoms with Crippen LogP contribution < -0.4 is 9.47 Å². The first kappa shape index (κ1) is 19.5. The maximum atomic E-state index is 12.6. The highest BCUT2D eigenvalue weighted by Crippen LogP contribution is 2.19. The van der Waals surface area contributed by atoms with E-state index in [0.717, 1.165) is 16.7 Å². The number of ether oxygens (including phenoxy) is 3. The second-order valence-corrected chi connectivity index (χ2v) is 6.21. The number of aryl methyl sites for hydroxylation is 3. The minimum Gasteiger partial charge on any atom is -0.497 e. The molecule has 0 amide bonds. The number of esters is 1. The summed E-state index contributed by atoms with van der Waals surface area (Å²) in [6, 6.07) is 10.7. The van der Waals surface area contributed by atoms with Crippen LogP contribution in [0.1, 0.15) is 34.0 Å². The third-order valence-electron chi connectivity index (χ3n) is 4.20. The van der Waals surface area contributed by atoms with Gasteiger partial charge in [-0.15, -0.1) is 0 Å². The highest BCUT2D eigenvalue weighted by molar-refractivity contribution is 6.01. The van der Waals surface area contributed by atoms with Gasteiger partial charge in [0.25, 0.3) is 0 Å². The molecule has 0 bridgehead atoms. The van der Waals surface area contributed by atoms with Crippen molar-refractivity contribution in [3.63, 3.8) is 0 Å². The number of methoxy groups -OCH3 is 1. The summed E-state index contributed by atoms with van der Waals surface area (Å²) in [4.78, 5) is 24.5. The molecule has 2 aromatic rings. The largest absolute Gasteiger partial charge is 0.497 e. The summed E-state index contributed by atoms with van der Waals surface area (Å²) in [7, 11) is 1.57. The normalized spacial score (nSPS) is 11.6. The lowest BCUT2D eigenvalue weighted by atomic mass is 9.96. The van der Waals surface area contributed by atoms with E-state index in [1.807, 2.05) is 32.9 Å². The van der Waals surface area contributed by atoms with Gasteiger partial charge >= 0.3 is 5.97 Å². The zero-order valence-electron chi connectivity index (χ0n) is 15.8. The van der Waals surface area contributed by atoms with Gasteiger partial charge in [0, 0.05) is 5.56 Å². The second kappa shape index (κ2) is 8.52. The van der Waals surface area contributed by atoms with E-state index < -0.39 is 12.1 Å². The zero-order chi connectivity index (χ0) is 19.3. The van der Waals surface area contributed by atoms with Crippen molar-refractivity contribution < 1.29 is 23.8 Å². The highest BCUT2D eigenvalue weighted by Gasteiger charge is 2.21. The van der Waals surface area contributed by atoms with Gasteiger partial charge in [-0.25, -0.2) is 4.79 Å². The van der Waals surface area contributed by atoms with Crippen LogP contribution in [0.2, 0.25) is 0 Å². The Morgan fingerprint density at radius 3 is 2.12 bits per heavy atom. The van der Waals surface area contributed by atoms with E-state index in [0.29, 0.717) is 17.1 Å². The van der Waals surface area contributed by atoms with Crippen LogP contribution in [0.3, 0.4) is 0 Å². The predicted molar refractivity (Wildman–Crippen MR) is 99.0 cm³/mol. The Labute approximate surface area is 153 Å². The molecule has 0 saturated carbocycles.